The second kappa shape index (κ2) is 10.8. The molecule has 0 aliphatic carbocycles. The first-order valence-electron chi connectivity index (χ1n) is 9.49. The van der Waals surface area contributed by atoms with E-state index >= 15 is 0 Å². The number of phenols is 2. The molecule has 3 N–H and O–H groups in total. The van der Waals surface area contributed by atoms with Gasteiger partial charge < -0.3 is 20.1 Å². The van der Waals surface area contributed by atoms with Gasteiger partial charge >= 0.3 is 0 Å². The first-order chi connectivity index (χ1) is 13.0. The van der Waals surface area contributed by atoms with E-state index in [-0.39, 0.29) is 23.7 Å². The van der Waals surface area contributed by atoms with Crippen LogP contribution in [0.3, 0.4) is 0 Å². The quantitative estimate of drug-likeness (QED) is 0.416. The Morgan fingerprint density at radius 1 is 0.926 bits per heavy atom. The number of hydrogen-bond donors (Lipinski definition) is 3. The minimum absolute atomic E-state index is 0.0495. The molecule has 4 heteroatoms. The van der Waals surface area contributed by atoms with Crippen molar-refractivity contribution in [3.05, 3.63) is 59.2 Å². The molecule has 0 fully saturated rings. The standard InChI is InChI=1S/C23H30O4/c1-17(27-2)23(26)10-5-3-4-7-18-8-6-9-19(13-18)11-12-20-14-21(24)16-22(25)15-20/h6,8-9,11-17,23-26H,3-5,7,10H2,1-2H3. The van der Waals surface area contributed by atoms with E-state index in [1.54, 1.807) is 19.2 Å². The molecule has 2 atom stereocenters. The van der Waals surface area contributed by atoms with Gasteiger partial charge in [-0.3, -0.25) is 0 Å². The minimum Gasteiger partial charge on any atom is -0.508 e. The Labute approximate surface area is 161 Å². The van der Waals surface area contributed by atoms with E-state index in [0.717, 1.165) is 43.2 Å². The molecule has 0 spiro atoms. The van der Waals surface area contributed by atoms with Crippen LogP contribution >= 0.6 is 0 Å². The Hall–Kier alpha value is -2.30. The maximum atomic E-state index is 9.89. The van der Waals surface area contributed by atoms with Crippen molar-refractivity contribution in [2.45, 2.75) is 51.2 Å². The lowest BCUT2D eigenvalue weighted by Gasteiger charge is -2.16. The number of rotatable bonds is 10. The molecule has 2 aromatic carbocycles. The molecule has 0 radical (unpaired) electrons. The van der Waals surface area contributed by atoms with Gasteiger partial charge in [-0.1, -0.05) is 49.3 Å². The van der Waals surface area contributed by atoms with E-state index in [1.807, 2.05) is 31.2 Å². The molecular formula is C23H30O4. The lowest BCUT2D eigenvalue weighted by atomic mass is 10.0. The molecular weight excluding hydrogens is 340 g/mol. The van der Waals surface area contributed by atoms with Crippen LogP contribution in [0.1, 0.15) is 49.3 Å². The third-order valence-electron chi connectivity index (χ3n) is 4.72. The molecule has 146 valence electrons. The average molecular weight is 370 g/mol. The molecule has 0 aromatic heterocycles. The second-order valence-corrected chi connectivity index (χ2v) is 6.97. The summed E-state index contributed by atoms with van der Waals surface area (Å²) in [4.78, 5) is 0. The fourth-order valence-electron chi connectivity index (χ4n) is 3.01. The number of benzene rings is 2. The zero-order valence-electron chi connectivity index (χ0n) is 16.1. The van der Waals surface area contributed by atoms with Crippen LogP contribution in [-0.4, -0.2) is 34.6 Å². The van der Waals surface area contributed by atoms with E-state index in [4.69, 9.17) is 4.74 Å². The minimum atomic E-state index is -0.389. The molecule has 2 unspecified atom stereocenters. The predicted octanol–water partition coefficient (Wildman–Crippen LogP) is 4.77. The zero-order chi connectivity index (χ0) is 19.6. The summed E-state index contributed by atoms with van der Waals surface area (Å²) in [5, 5.41) is 29.0. The number of aliphatic hydroxyl groups is 1. The molecule has 0 amide bonds. The molecule has 27 heavy (non-hydrogen) atoms. The maximum Gasteiger partial charge on any atom is 0.119 e. The molecule has 0 heterocycles. The van der Waals surface area contributed by atoms with Crippen molar-refractivity contribution < 1.29 is 20.1 Å². The number of ether oxygens (including phenoxy) is 1. The highest BCUT2D eigenvalue weighted by Crippen LogP contribution is 2.22. The first kappa shape index (κ1) is 21.0. The van der Waals surface area contributed by atoms with Crippen LogP contribution in [0.5, 0.6) is 11.5 Å². The van der Waals surface area contributed by atoms with E-state index in [9.17, 15) is 15.3 Å². The van der Waals surface area contributed by atoms with Gasteiger partial charge in [0.25, 0.3) is 0 Å². The van der Waals surface area contributed by atoms with E-state index in [2.05, 4.69) is 12.1 Å². The first-order valence-corrected chi connectivity index (χ1v) is 9.49. The van der Waals surface area contributed by atoms with Gasteiger partial charge in [0.15, 0.2) is 0 Å². The highest BCUT2D eigenvalue weighted by Gasteiger charge is 2.12. The fraction of sp³-hybridized carbons (Fsp3) is 0.391. The summed E-state index contributed by atoms with van der Waals surface area (Å²) in [5.41, 5.74) is 3.11. The van der Waals surface area contributed by atoms with Gasteiger partial charge in [-0.25, -0.2) is 0 Å². The lowest BCUT2D eigenvalue weighted by Crippen LogP contribution is -2.24. The number of unbranched alkanes of at least 4 members (excludes halogenated alkanes) is 2. The molecule has 0 saturated carbocycles. The van der Waals surface area contributed by atoms with Crippen molar-refractivity contribution in [3.8, 4) is 11.5 Å². The van der Waals surface area contributed by atoms with Crippen molar-refractivity contribution in [2.24, 2.45) is 0 Å². The van der Waals surface area contributed by atoms with Crippen molar-refractivity contribution in [1.29, 1.82) is 0 Å². The van der Waals surface area contributed by atoms with Gasteiger partial charge in [0.05, 0.1) is 12.2 Å². The number of methoxy groups -OCH3 is 1. The summed E-state index contributed by atoms with van der Waals surface area (Å²) in [6.45, 7) is 1.89. The monoisotopic (exact) mass is 370 g/mol. The molecule has 0 bridgehead atoms. The van der Waals surface area contributed by atoms with Crippen LogP contribution in [0.25, 0.3) is 12.2 Å². The maximum absolute atomic E-state index is 9.89. The molecule has 0 aliphatic rings. The van der Waals surface area contributed by atoms with Crippen LogP contribution in [0.2, 0.25) is 0 Å². The van der Waals surface area contributed by atoms with Crippen molar-refractivity contribution in [2.75, 3.05) is 7.11 Å². The summed E-state index contributed by atoms with van der Waals surface area (Å²) in [5.74, 6) is 0.0989. The smallest absolute Gasteiger partial charge is 0.119 e. The van der Waals surface area contributed by atoms with Gasteiger partial charge in [0.2, 0.25) is 0 Å². The van der Waals surface area contributed by atoms with Crippen molar-refractivity contribution >= 4 is 12.2 Å². The van der Waals surface area contributed by atoms with Crippen LogP contribution in [0.15, 0.2) is 42.5 Å². The summed E-state index contributed by atoms with van der Waals surface area (Å²) in [7, 11) is 1.62. The van der Waals surface area contributed by atoms with Gasteiger partial charge in [-0.05, 0) is 55.0 Å². The number of phenolic OH excluding ortho intramolecular Hbond substituents is 2. The van der Waals surface area contributed by atoms with Crippen LogP contribution in [0.4, 0.5) is 0 Å². The highest BCUT2D eigenvalue weighted by atomic mass is 16.5. The number of aliphatic hydroxyl groups excluding tert-OH is 1. The summed E-state index contributed by atoms with van der Waals surface area (Å²) >= 11 is 0. The van der Waals surface area contributed by atoms with Gasteiger partial charge in [-0.15, -0.1) is 0 Å². The van der Waals surface area contributed by atoms with Gasteiger partial charge in [0, 0.05) is 13.2 Å². The van der Waals surface area contributed by atoms with E-state index in [1.165, 1.54) is 11.6 Å². The Morgan fingerprint density at radius 2 is 1.63 bits per heavy atom. The Morgan fingerprint density at radius 3 is 2.33 bits per heavy atom. The summed E-state index contributed by atoms with van der Waals surface area (Å²) in [6, 6.07) is 12.9. The Bertz CT molecular complexity index is 719. The normalized spacial score (nSPS) is 13.7. The average Bonchev–Trinajstić information content (AvgIpc) is 2.65. The molecule has 4 nitrogen and oxygen atoms in total. The summed E-state index contributed by atoms with van der Waals surface area (Å²) < 4.78 is 5.14. The van der Waals surface area contributed by atoms with E-state index in [0.29, 0.717) is 0 Å². The predicted molar refractivity (Wildman–Crippen MR) is 110 cm³/mol. The van der Waals surface area contributed by atoms with Crippen LogP contribution < -0.4 is 0 Å². The largest absolute Gasteiger partial charge is 0.508 e. The SMILES string of the molecule is COC(C)C(O)CCCCCc1cccc(C=Cc2cc(O)cc(O)c2)c1. The molecule has 2 aromatic rings. The van der Waals surface area contributed by atoms with Crippen LogP contribution in [-0.2, 0) is 11.2 Å². The molecule has 0 aliphatic heterocycles. The third kappa shape index (κ3) is 7.45. The summed E-state index contributed by atoms with van der Waals surface area (Å²) in [6.07, 6.45) is 8.28. The molecule has 0 saturated heterocycles. The van der Waals surface area contributed by atoms with Crippen LogP contribution in [0, 0.1) is 0 Å². The van der Waals surface area contributed by atoms with Crippen molar-refractivity contribution in [1.82, 2.24) is 0 Å². The topological polar surface area (TPSA) is 69.9 Å². The Balaban J connectivity index is 1.82. The zero-order valence-corrected chi connectivity index (χ0v) is 16.1. The third-order valence-corrected chi connectivity index (χ3v) is 4.72. The highest BCUT2D eigenvalue weighted by molar-refractivity contribution is 5.71. The van der Waals surface area contributed by atoms with Gasteiger partial charge in [-0.2, -0.15) is 0 Å². The van der Waals surface area contributed by atoms with Gasteiger partial charge in [0.1, 0.15) is 11.5 Å². The van der Waals surface area contributed by atoms with E-state index < -0.39 is 0 Å². The fourth-order valence-corrected chi connectivity index (χ4v) is 3.01. The number of hydrogen-bond acceptors (Lipinski definition) is 4. The lowest BCUT2D eigenvalue weighted by molar-refractivity contribution is -0.00529. The number of aromatic hydroxyl groups is 2. The Kier molecular flexibility index (Phi) is 8.37. The molecule has 2 rings (SSSR count). The van der Waals surface area contributed by atoms with Crippen molar-refractivity contribution in [3.63, 3.8) is 0 Å². The second-order valence-electron chi connectivity index (χ2n) is 6.97. The number of aryl methyl sites for hydroxylation is 1.